The molecule has 1 aliphatic heterocycles. The van der Waals surface area contributed by atoms with Crippen LogP contribution >= 0.6 is 0 Å². The second-order valence-corrected chi connectivity index (χ2v) is 4.11. The van der Waals surface area contributed by atoms with Gasteiger partial charge in [-0.05, 0) is 23.8 Å². The summed E-state index contributed by atoms with van der Waals surface area (Å²) in [5.74, 6) is -0.498. The maximum Gasteiger partial charge on any atom is 1.00 e. The van der Waals surface area contributed by atoms with E-state index in [-0.39, 0.29) is 68.4 Å². The van der Waals surface area contributed by atoms with Crippen molar-refractivity contribution in [3.05, 3.63) is 53.1 Å². The fraction of sp³-hybridized carbons (Fsp3) is 0.0714. The van der Waals surface area contributed by atoms with Crippen molar-refractivity contribution in [1.29, 1.82) is 0 Å². The fourth-order valence-corrected chi connectivity index (χ4v) is 2.12. The van der Waals surface area contributed by atoms with Gasteiger partial charge in [-0.1, -0.05) is 18.2 Å². The Bertz CT molecular complexity index is 652. The van der Waals surface area contributed by atoms with Gasteiger partial charge in [0.05, 0.1) is 5.97 Å². The van der Waals surface area contributed by atoms with Gasteiger partial charge in [0.15, 0.2) is 0 Å². The summed E-state index contributed by atoms with van der Waals surface area (Å²) in [6.45, 7) is 0. The average Bonchev–Trinajstić information content (AvgIpc) is 2.37. The molecule has 1 heterocycles. The van der Waals surface area contributed by atoms with E-state index in [1.165, 1.54) is 12.1 Å². The number of rotatable bonds is 1. The first kappa shape index (κ1) is 14.6. The van der Waals surface area contributed by atoms with Gasteiger partial charge in [-0.3, -0.25) is 0 Å². The van der Waals surface area contributed by atoms with Crippen LogP contribution in [0.3, 0.4) is 0 Å². The molecule has 0 aliphatic carbocycles. The minimum Gasteiger partial charge on any atom is -0.545 e. The van der Waals surface area contributed by atoms with Crippen molar-refractivity contribution in [3.8, 4) is 17.2 Å². The zero-order chi connectivity index (χ0) is 12.7. The molecule has 0 aromatic heterocycles. The molecule has 1 N–H and O–H groups in total. The first-order chi connectivity index (χ1) is 8.66. The third kappa shape index (κ3) is 2.57. The van der Waals surface area contributed by atoms with Crippen molar-refractivity contribution >= 4 is 5.97 Å². The van der Waals surface area contributed by atoms with E-state index in [0.717, 1.165) is 5.56 Å². The number of ether oxygens (including phenoxy) is 1. The number of benzene rings is 2. The normalized spacial score (nSPS) is 11.6. The van der Waals surface area contributed by atoms with Crippen molar-refractivity contribution in [2.45, 2.75) is 6.42 Å². The number of carbonyl (C=O) groups excluding carboxylic acids is 1. The fourth-order valence-electron chi connectivity index (χ4n) is 2.12. The zero-order valence-corrected chi connectivity index (χ0v) is 13.5. The number of hydrogen-bond acceptors (Lipinski definition) is 4. The standard InChI is InChI=1S/C14H10O4.K/c15-11-6-5-9(14(16)17)13-10(11)7-8-3-1-2-4-12(8)18-13;/h1-6,15H,7H2,(H,16,17);/q;+1/p-1. The van der Waals surface area contributed by atoms with Crippen LogP contribution in [-0.4, -0.2) is 11.1 Å². The zero-order valence-electron chi connectivity index (χ0n) is 10.3. The molecule has 0 fully saturated rings. The Labute approximate surface area is 152 Å². The van der Waals surface area contributed by atoms with Crippen LogP contribution < -0.4 is 61.2 Å². The smallest absolute Gasteiger partial charge is 0.545 e. The second kappa shape index (κ2) is 5.64. The molecule has 0 saturated carbocycles. The Kier molecular flexibility index (Phi) is 4.32. The molecule has 1 aliphatic rings. The molecule has 0 radical (unpaired) electrons. The number of aromatic hydroxyl groups is 1. The van der Waals surface area contributed by atoms with Crippen molar-refractivity contribution in [2.24, 2.45) is 0 Å². The third-order valence-corrected chi connectivity index (χ3v) is 3.01. The van der Waals surface area contributed by atoms with Gasteiger partial charge in [0.1, 0.15) is 17.2 Å². The van der Waals surface area contributed by atoms with Gasteiger partial charge in [-0.15, -0.1) is 0 Å². The Hall–Kier alpha value is -0.854. The Morgan fingerprint density at radius 1 is 1.21 bits per heavy atom. The van der Waals surface area contributed by atoms with E-state index in [0.29, 0.717) is 17.7 Å². The van der Waals surface area contributed by atoms with Gasteiger partial charge in [0, 0.05) is 17.5 Å². The van der Waals surface area contributed by atoms with Gasteiger partial charge < -0.3 is 19.7 Å². The van der Waals surface area contributed by atoms with Crippen LogP contribution in [0.1, 0.15) is 21.5 Å². The summed E-state index contributed by atoms with van der Waals surface area (Å²) in [6, 6.07) is 9.96. The van der Waals surface area contributed by atoms with Crippen molar-refractivity contribution in [3.63, 3.8) is 0 Å². The van der Waals surface area contributed by atoms with Crippen LogP contribution in [-0.2, 0) is 6.42 Å². The summed E-state index contributed by atoms with van der Waals surface area (Å²) >= 11 is 0. The van der Waals surface area contributed by atoms with Crippen LogP contribution in [0.25, 0.3) is 0 Å². The van der Waals surface area contributed by atoms with Gasteiger partial charge in [0.25, 0.3) is 0 Å². The first-order valence-electron chi connectivity index (χ1n) is 5.49. The summed E-state index contributed by atoms with van der Waals surface area (Å²) in [6.07, 6.45) is 0.443. The quantitative estimate of drug-likeness (QED) is 0.548. The molecule has 3 rings (SSSR count). The minimum atomic E-state index is -1.31. The summed E-state index contributed by atoms with van der Waals surface area (Å²) in [7, 11) is 0. The molecule has 0 saturated heterocycles. The molecule has 90 valence electrons. The van der Waals surface area contributed by atoms with E-state index in [9.17, 15) is 15.0 Å². The van der Waals surface area contributed by atoms with Crippen LogP contribution in [0.2, 0.25) is 0 Å². The molecule has 0 atom stereocenters. The largest absolute Gasteiger partial charge is 1.00 e. The van der Waals surface area contributed by atoms with Gasteiger partial charge >= 0.3 is 51.4 Å². The number of fused-ring (bicyclic) bond motifs is 2. The van der Waals surface area contributed by atoms with Crippen molar-refractivity contribution in [1.82, 2.24) is 0 Å². The molecule has 0 unspecified atom stereocenters. The van der Waals surface area contributed by atoms with Crippen LogP contribution in [0.15, 0.2) is 36.4 Å². The number of phenolic OH excluding ortho intramolecular Hbond substituents is 1. The van der Waals surface area contributed by atoms with E-state index < -0.39 is 5.97 Å². The SMILES string of the molecule is O=C([O-])c1ccc(O)c2c1Oc1ccccc1C2.[K+]. The summed E-state index contributed by atoms with van der Waals surface area (Å²) in [5.41, 5.74) is 1.35. The molecule has 0 amide bonds. The molecular formula is C14H9KO4. The van der Waals surface area contributed by atoms with Crippen LogP contribution in [0, 0.1) is 0 Å². The number of carboxylic acid groups (broad SMARTS) is 1. The topological polar surface area (TPSA) is 69.6 Å². The summed E-state index contributed by atoms with van der Waals surface area (Å²) in [4.78, 5) is 11.0. The summed E-state index contributed by atoms with van der Waals surface area (Å²) in [5, 5.41) is 20.8. The Morgan fingerprint density at radius 2 is 1.95 bits per heavy atom. The molecule has 19 heavy (non-hydrogen) atoms. The Morgan fingerprint density at radius 3 is 2.68 bits per heavy atom. The Balaban J connectivity index is 0.00000133. The number of carboxylic acids is 1. The number of para-hydroxylation sites is 1. The summed E-state index contributed by atoms with van der Waals surface area (Å²) < 4.78 is 5.57. The van der Waals surface area contributed by atoms with Crippen LogP contribution in [0.4, 0.5) is 0 Å². The second-order valence-electron chi connectivity index (χ2n) is 4.11. The monoisotopic (exact) mass is 280 g/mol. The first-order valence-corrected chi connectivity index (χ1v) is 5.49. The third-order valence-electron chi connectivity index (χ3n) is 3.01. The molecule has 2 aromatic carbocycles. The number of aromatic carboxylic acids is 1. The molecule has 5 heteroatoms. The van der Waals surface area contributed by atoms with Gasteiger partial charge in [-0.2, -0.15) is 0 Å². The van der Waals surface area contributed by atoms with Crippen molar-refractivity contribution < 1.29 is 71.1 Å². The van der Waals surface area contributed by atoms with E-state index in [2.05, 4.69) is 0 Å². The van der Waals surface area contributed by atoms with Gasteiger partial charge in [-0.25, -0.2) is 0 Å². The predicted octanol–water partition coefficient (Wildman–Crippen LogP) is -1.54. The number of hydrogen-bond donors (Lipinski definition) is 1. The number of carbonyl (C=O) groups is 1. The predicted molar refractivity (Wildman–Crippen MR) is 61.8 cm³/mol. The molecule has 4 nitrogen and oxygen atoms in total. The van der Waals surface area contributed by atoms with E-state index in [1.54, 1.807) is 6.07 Å². The van der Waals surface area contributed by atoms with Gasteiger partial charge in [0.2, 0.25) is 0 Å². The molecule has 0 spiro atoms. The molecule has 2 aromatic rings. The molecule has 0 bridgehead atoms. The maximum atomic E-state index is 11.0. The maximum absolute atomic E-state index is 11.0. The van der Waals surface area contributed by atoms with Crippen molar-refractivity contribution in [2.75, 3.05) is 0 Å². The minimum absolute atomic E-state index is 0. The molecular weight excluding hydrogens is 271 g/mol. The van der Waals surface area contributed by atoms with E-state index in [4.69, 9.17) is 4.74 Å². The van der Waals surface area contributed by atoms with E-state index in [1.807, 2.05) is 18.2 Å². The average molecular weight is 280 g/mol. The van der Waals surface area contributed by atoms with Crippen LogP contribution in [0.5, 0.6) is 17.2 Å². The number of phenols is 1. The van der Waals surface area contributed by atoms with E-state index >= 15 is 0 Å².